The number of nitrogens with zero attached hydrogens (tertiary/aromatic N) is 1. The van der Waals surface area contributed by atoms with Crippen molar-refractivity contribution in [2.75, 3.05) is 20.8 Å². The van der Waals surface area contributed by atoms with Crippen LogP contribution in [-0.2, 0) is 11.8 Å². The Morgan fingerprint density at radius 2 is 1.80 bits per heavy atom. The fourth-order valence-corrected chi connectivity index (χ4v) is 3.65. The number of aromatic nitrogens is 2. The van der Waals surface area contributed by atoms with Crippen LogP contribution < -0.4 is 15.0 Å². The van der Waals surface area contributed by atoms with Crippen LogP contribution in [-0.4, -0.2) is 36.3 Å². The molecule has 0 aliphatic heterocycles. The molecule has 0 amide bonds. The van der Waals surface area contributed by atoms with E-state index in [-0.39, 0.29) is 11.5 Å². The summed E-state index contributed by atoms with van der Waals surface area (Å²) in [5.41, 5.74) is 2.95. The van der Waals surface area contributed by atoms with Crippen molar-refractivity contribution in [1.29, 1.82) is 0 Å². The highest BCUT2D eigenvalue weighted by atomic mass is 16.5. The average molecular weight is 406 g/mol. The molecule has 0 fully saturated rings. The molecule has 0 saturated carbocycles. The third-order valence-corrected chi connectivity index (χ3v) is 5.19. The Bertz CT molecular complexity index is 1330. The van der Waals surface area contributed by atoms with E-state index in [1.807, 2.05) is 12.1 Å². The number of carbonyl (C=O) groups is 1. The Balaban J connectivity index is 1.99. The molecule has 4 rings (SSSR count). The molecule has 0 atom stereocenters. The summed E-state index contributed by atoms with van der Waals surface area (Å²) in [4.78, 5) is 28.6. The van der Waals surface area contributed by atoms with Gasteiger partial charge in [-0.15, -0.1) is 0 Å². The number of aryl methyl sites for hydroxylation is 1. The van der Waals surface area contributed by atoms with Crippen molar-refractivity contribution in [3.05, 3.63) is 58.4 Å². The van der Waals surface area contributed by atoms with Gasteiger partial charge >= 0.3 is 5.97 Å². The van der Waals surface area contributed by atoms with Crippen molar-refractivity contribution < 1.29 is 19.0 Å². The van der Waals surface area contributed by atoms with E-state index < -0.39 is 0 Å². The fourth-order valence-electron chi connectivity index (χ4n) is 3.65. The van der Waals surface area contributed by atoms with Gasteiger partial charge in [-0.05, 0) is 43.3 Å². The van der Waals surface area contributed by atoms with Crippen molar-refractivity contribution in [2.24, 2.45) is 7.05 Å². The summed E-state index contributed by atoms with van der Waals surface area (Å²) < 4.78 is 17.4. The predicted molar refractivity (Wildman–Crippen MR) is 116 cm³/mol. The number of nitrogens with one attached hydrogen (secondary N) is 1. The molecule has 7 heteroatoms. The number of carbonyl (C=O) groups excluding carboxylic acids is 1. The van der Waals surface area contributed by atoms with Crippen LogP contribution in [0.25, 0.3) is 33.1 Å². The summed E-state index contributed by atoms with van der Waals surface area (Å²) in [5.74, 6) is 0.799. The monoisotopic (exact) mass is 406 g/mol. The first-order valence-corrected chi connectivity index (χ1v) is 9.53. The third-order valence-electron chi connectivity index (χ3n) is 5.19. The molecule has 0 bridgehead atoms. The summed E-state index contributed by atoms with van der Waals surface area (Å²) >= 11 is 0. The molecular formula is C23H22N2O5. The standard InChI is InChI=1S/C23H22N2O5/c1-5-30-23(27)13-6-9-19-16(10-13)17-12-18(22(26)25(2)21(17)24-19)15-8-7-14(28-3)11-20(15)29-4/h6-12,24H,5H2,1-4H3. The average Bonchev–Trinajstić information content (AvgIpc) is 3.14. The number of rotatable bonds is 5. The van der Waals surface area contributed by atoms with E-state index in [4.69, 9.17) is 14.2 Å². The van der Waals surface area contributed by atoms with Crippen molar-refractivity contribution in [2.45, 2.75) is 6.92 Å². The molecule has 0 aliphatic carbocycles. The number of pyridine rings is 1. The van der Waals surface area contributed by atoms with E-state index in [1.54, 1.807) is 63.1 Å². The highest BCUT2D eigenvalue weighted by Crippen LogP contribution is 2.34. The first-order chi connectivity index (χ1) is 14.5. The zero-order chi connectivity index (χ0) is 21.4. The largest absolute Gasteiger partial charge is 0.497 e. The van der Waals surface area contributed by atoms with Gasteiger partial charge in [0.2, 0.25) is 0 Å². The number of H-pyrrole nitrogens is 1. The van der Waals surface area contributed by atoms with E-state index in [1.165, 1.54) is 0 Å². The second-order valence-electron chi connectivity index (χ2n) is 6.86. The quantitative estimate of drug-likeness (QED) is 0.509. The van der Waals surface area contributed by atoms with Gasteiger partial charge in [-0.1, -0.05) is 0 Å². The lowest BCUT2D eigenvalue weighted by atomic mass is 10.0. The fraction of sp³-hybridized carbons (Fsp3) is 0.217. The van der Waals surface area contributed by atoms with Gasteiger partial charge in [0.1, 0.15) is 17.1 Å². The van der Waals surface area contributed by atoms with E-state index in [0.717, 1.165) is 16.3 Å². The van der Waals surface area contributed by atoms with Crippen molar-refractivity contribution in [1.82, 2.24) is 9.55 Å². The highest BCUT2D eigenvalue weighted by Gasteiger charge is 2.18. The number of aromatic amines is 1. The van der Waals surface area contributed by atoms with Gasteiger partial charge in [0.25, 0.3) is 5.56 Å². The Kier molecular flexibility index (Phi) is 4.95. The number of benzene rings is 2. The topological polar surface area (TPSA) is 82.6 Å². The molecule has 0 saturated heterocycles. The van der Waals surface area contributed by atoms with Gasteiger partial charge < -0.3 is 19.2 Å². The molecule has 0 radical (unpaired) electrons. The number of ether oxygens (including phenoxy) is 3. The SMILES string of the molecule is CCOC(=O)c1ccc2[nH]c3c(cc(-c4ccc(OC)cc4OC)c(=O)n3C)c2c1. The van der Waals surface area contributed by atoms with E-state index in [2.05, 4.69) is 4.98 Å². The lowest BCUT2D eigenvalue weighted by molar-refractivity contribution is 0.0526. The van der Waals surface area contributed by atoms with Crippen molar-refractivity contribution in [3.8, 4) is 22.6 Å². The highest BCUT2D eigenvalue weighted by molar-refractivity contribution is 6.09. The second-order valence-corrected chi connectivity index (χ2v) is 6.86. The zero-order valence-corrected chi connectivity index (χ0v) is 17.2. The predicted octanol–water partition coefficient (Wildman–Crippen LogP) is 3.88. The van der Waals surface area contributed by atoms with Crippen LogP contribution in [0.15, 0.2) is 47.3 Å². The maximum absolute atomic E-state index is 13.1. The van der Waals surface area contributed by atoms with Gasteiger partial charge in [0.05, 0.1) is 32.0 Å². The van der Waals surface area contributed by atoms with Gasteiger partial charge in [-0.25, -0.2) is 4.79 Å². The molecule has 2 aromatic heterocycles. The maximum Gasteiger partial charge on any atom is 0.338 e. The Morgan fingerprint density at radius 3 is 2.50 bits per heavy atom. The molecule has 30 heavy (non-hydrogen) atoms. The smallest absolute Gasteiger partial charge is 0.338 e. The minimum atomic E-state index is -0.379. The van der Waals surface area contributed by atoms with Crippen LogP contribution in [0.1, 0.15) is 17.3 Å². The minimum absolute atomic E-state index is 0.164. The molecule has 4 aromatic rings. The van der Waals surface area contributed by atoms with Crippen LogP contribution in [0.4, 0.5) is 0 Å². The summed E-state index contributed by atoms with van der Waals surface area (Å²) in [6.45, 7) is 2.08. The van der Waals surface area contributed by atoms with E-state index in [9.17, 15) is 9.59 Å². The first kappa shape index (κ1) is 19.6. The van der Waals surface area contributed by atoms with Gasteiger partial charge in [0.15, 0.2) is 0 Å². The summed E-state index contributed by atoms with van der Waals surface area (Å²) in [7, 11) is 4.84. The Labute approximate surface area is 172 Å². The normalized spacial score (nSPS) is 11.1. The lowest BCUT2D eigenvalue weighted by Crippen LogP contribution is -2.19. The summed E-state index contributed by atoms with van der Waals surface area (Å²) in [5, 5.41) is 1.66. The van der Waals surface area contributed by atoms with Crippen LogP contribution in [0.3, 0.4) is 0 Å². The molecule has 154 valence electrons. The number of hydrogen-bond donors (Lipinski definition) is 1. The molecule has 0 aliphatic rings. The number of fused-ring (bicyclic) bond motifs is 3. The minimum Gasteiger partial charge on any atom is -0.497 e. The van der Waals surface area contributed by atoms with Crippen LogP contribution in [0, 0.1) is 0 Å². The molecule has 7 nitrogen and oxygen atoms in total. The summed E-state index contributed by atoms with van der Waals surface area (Å²) in [6.07, 6.45) is 0. The van der Waals surface area contributed by atoms with Gasteiger partial charge in [-0.3, -0.25) is 9.36 Å². The maximum atomic E-state index is 13.1. The zero-order valence-electron chi connectivity index (χ0n) is 17.2. The third kappa shape index (κ3) is 3.08. The molecule has 2 heterocycles. The number of esters is 1. The van der Waals surface area contributed by atoms with Crippen molar-refractivity contribution in [3.63, 3.8) is 0 Å². The number of methoxy groups -OCH3 is 2. The first-order valence-electron chi connectivity index (χ1n) is 9.53. The van der Waals surface area contributed by atoms with Crippen molar-refractivity contribution >= 4 is 27.9 Å². The van der Waals surface area contributed by atoms with Crippen LogP contribution in [0.2, 0.25) is 0 Å². The van der Waals surface area contributed by atoms with Crippen LogP contribution in [0.5, 0.6) is 11.5 Å². The molecule has 2 aromatic carbocycles. The molecule has 0 spiro atoms. The van der Waals surface area contributed by atoms with Gasteiger partial charge in [-0.2, -0.15) is 0 Å². The molecular weight excluding hydrogens is 384 g/mol. The van der Waals surface area contributed by atoms with E-state index in [0.29, 0.717) is 40.4 Å². The van der Waals surface area contributed by atoms with E-state index >= 15 is 0 Å². The van der Waals surface area contributed by atoms with Gasteiger partial charge in [0, 0.05) is 35.0 Å². The molecule has 1 N–H and O–H groups in total. The van der Waals surface area contributed by atoms with Crippen LogP contribution >= 0.6 is 0 Å². The lowest BCUT2D eigenvalue weighted by Gasteiger charge is -2.12. The second kappa shape index (κ2) is 7.59. The Hall–Kier alpha value is -3.74. The number of hydrogen-bond acceptors (Lipinski definition) is 5. The molecule has 0 unspecified atom stereocenters. The Morgan fingerprint density at radius 1 is 1.00 bits per heavy atom. The summed E-state index contributed by atoms with van der Waals surface area (Å²) in [6, 6.07) is 12.5.